The van der Waals surface area contributed by atoms with E-state index in [0.717, 1.165) is 12.1 Å². The largest absolute Gasteiger partial charge is 0.416 e. The lowest BCUT2D eigenvalue weighted by Crippen LogP contribution is -2.31. The monoisotopic (exact) mass is 325 g/mol. The second-order valence-electron chi connectivity index (χ2n) is 4.08. The highest BCUT2D eigenvalue weighted by Crippen LogP contribution is 2.33. The van der Waals surface area contributed by atoms with Crippen molar-refractivity contribution in [2.45, 2.75) is 18.3 Å². The van der Waals surface area contributed by atoms with E-state index in [0.29, 0.717) is 10.2 Å². The van der Waals surface area contributed by atoms with Gasteiger partial charge in [0.05, 0.1) is 30.9 Å². The van der Waals surface area contributed by atoms with E-state index < -0.39 is 17.8 Å². The molecule has 1 fully saturated rings. The standard InChI is InChI=1S/C11H11BrF3NO2/c12-7-1-6(11(13,14)15)2-8(3-7)16-9-4-18-5-10(9)17/h1-3,9-10,16-17H,4-5H2. The second-order valence-corrected chi connectivity index (χ2v) is 5.00. The van der Waals surface area contributed by atoms with E-state index in [1.165, 1.54) is 6.07 Å². The summed E-state index contributed by atoms with van der Waals surface area (Å²) in [6.07, 6.45) is -5.11. The summed E-state index contributed by atoms with van der Waals surface area (Å²) in [5.74, 6) is 0. The van der Waals surface area contributed by atoms with Crippen LogP contribution in [0.25, 0.3) is 0 Å². The van der Waals surface area contributed by atoms with Gasteiger partial charge in [-0.3, -0.25) is 0 Å². The maximum atomic E-state index is 12.6. The Morgan fingerprint density at radius 3 is 2.56 bits per heavy atom. The Balaban J connectivity index is 2.20. The number of halogens is 4. The molecule has 0 aromatic heterocycles. The summed E-state index contributed by atoms with van der Waals surface area (Å²) < 4.78 is 43.2. The molecule has 0 bridgehead atoms. The summed E-state index contributed by atoms with van der Waals surface area (Å²) in [6, 6.07) is 3.16. The molecule has 0 spiro atoms. The molecule has 0 aliphatic carbocycles. The first-order chi connectivity index (χ1) is 8.36. The number of ether oxygens (including phenoxy) is 1. The molecule has 2 N–H and O–H groups in total. The summed E-state index contributed by atoms with van der Waals surface area (Å²) in [5.41, 5.74) is -0.445. The predicted molar refractivity (Wildman–Crippen MR) is 63.4 cm³/mol. The van der Waals surface area contributed by atoms with Crippen molar-refractivity contribution >= 4 is 21.6 Å². The third kappa shape index (κ3) is 3.15. The second kappa shape index (κ2) is 5.07. The third-order valence-electron chi connectivity index (χ3n) is 2.63. The molecule has 1 aromatic carbocycles. The molecule has 1 saturated heterocycles. The van der Waals surface area contributed by atoms with Gasteiger partial charge in [0.15, 0.2) is 0 Å². The first-order valence-electron chi connectivity index (χ1n) is 5.26. The van der Waals surface area contributed by atoms with Crippen LogP contribution in [-0.4, -0.2) is 30.5 Å². The zero-order valence-corrected chi connectivity index (χ0v) is 10.8. The molecular formula is C11H11BrF3NO2. The van der Waals surface area contributed by atoms with Crippen molar-refractivity contribution in [3.8, 4) is 0 Å². The molecule has 100 valence electrons. The van der Waals surface area contributed by atoms with Crippen molar-refractivity contribution in [3.63, 3.8) is 0 Å². The average molecular weight is 326 g/mol. The zero-order chi connectivity index (χ0) is 13.3. The van der Waals surface area contributed by atoms with Crippen LogP contribution in [0.1, 0.15) is 5.56 Å². The molecule has 0 saturated carbocycles. The number of alkyl halides is 3. The summed E-state index contributed by atoms with van der Waals surface area (Å²) in [5, 5.41) is 12.4. The SMILES string of the molecule is OC1COCC1Nc1cc(Br)cc(C(F)(F)F)c1. The first-order valence-corrected chi connectivity index (χ1v) is 6.06. The molecule has 1 aliphatic heterocycles. The number of aliphatic hydroxyl groups is 1. The van der Waals surface area contributed by atoms with Gasteiger partial charge >= 0.3 is 6.18 Å². The predicted octanol–water partition coefficient (Wildman–Crippen LogP) is 2.64. The Morgan fingerprint density at radius 1 is 1.28 bits per heavy atom. The van der Waals surface area contributed by atoms with E-state index in [1.54, 1.807) is 0 Å². The molecule has 0 amide bonds. The average Bonchev–Trinajstić information content (AvgIpc) is 2.62. The molecule has 2 atom stereocenters. The normalized spacial score (nSPS) is 24.3. The van der Waals surface area contributed by atoms with Gasteiger partial charge < -0.3 is 15.2 Å². The lowest BCUT2D eigenvalue weighted by atomic mass is 10.1. The Kier molecular flexibility index (Phi) is 3.84. The molecule has 2 rings (SSSR count). The van der Waals surface area contributed by atoms with Gasteiger partial charge in [0, 0.05) is 10.2 Å². The van der Waals surface area contributed by atoms with E-state index in [-0.39, 0.29) is 19.3 Å². The number of benzene rings is 1. The Morgan fingerprint density at radius 2 is 2.00 bits per heavy atom. The lowest BCUT2D eigenvalue weighted by molar-refractivity contribution is -0.137. The minimum Gasteiger partial charge on any atom is -0.388 e. The van der Waals surface area contributed by atoms with Crippen LogP contribution in [0.4, 0.5) is 18.9 Å². The summed E-state index contributed by atoms with van der Waals surface area (Å²) in [6.45, 7) is 0.465. The van der Waals surface area contributed by atoms with Crippen molar-refractivity contribution in [1.29, 1.82) is 0 Å². The van der Waals surface area contributed by atoms with E-state index in [2.05, 4.69) is 21.2 Å². The summed E-state index contributed by atoms with van der Waals surface area (Å²) in [7, 11) is 0. The fraction of sp³-hybridized carbons (Fsp3) is 0.455. The van der Waals surface area contributed by atoms with Crippen molar-refractivity contribution in [2.75, 3.05) is 18.5 Å². The van der Waals surface area contributed by atoms with E-state index in [4.69, 9.17) is 4.74 Å². The molecule has 1 aliphatic rings. The van der Waals surface area contributed by atoms with Crippen LogP contribution in [0.15, 0.2) is 22.7 Å². The van der Waals surface area contributed by atoms with Crippen LogP contribution in [0.5, 0.6) is 0 Å². The molecule has 1 heterocycles. The molecule has 2 unspecified atom stereocenters. The van der Waals surface area contributed by atoms with Crippen LogP contribution < -0.4 is 5.32 Å². The fourth-order valence-corrected chi connectivity index (χ4v) is 2.22. The third-order valence-corrected chi connectivity index (χ3v) is 3.09. The number of anilines is 1. The molecular weight excluding hydrogens is 315 g/mol. The maximum absolute atomic E-state index is 12.6. The topological polar surface area (TPSA) is 41.5 Å². The number of hydrogen-bond donors (Lipinski definition) is 2. The summed E-state index contributed by atoms with van der Waals surface area (Å²) in [4.78, 5) is 0. The highest BCUT2D eigenvalue weighted by molar-refractivity contribution is 9.10. The zero-order valence-electron chi connectivity index (χ0n) is 9.17. The van der Waals surface area contributed by atoms with E-state index in [1.807, 2.05) is 0 Å². The van der Waals surface area contributed by atoms with Crippen molar-refractivity contribution in [2.24, 2.45) is 0 Å². The van der Waals surface area contributed by atoms with Crippen LogP contribution in [0, 0.1) is 0 Å². The molecule has 3 nitrogen and oxygen atoms in total. The van der Waals surface area contributed by atoms with Gasteiger partial charge in [-0.05, 0) is 18.2 Å². The maximum Gasteiger partial charge on any atom is 0.416 e. The Bertz CT molecular complexity index is 439. The fourth-order valence-electron chi connectivity index (χ4n) is 1.73. The van der Waals surface area contributed by atoms with Gasteiger partial charge in [0.2, 0.25) is 0 Å². The van der Waals surface area contributed by atoms with Crippen molar-refractivity contribution in [3.05, 3.63) is 28.2 Å². The minimum absolute atomic E-state index is 0.192. The highest BCUT2D eigenvalue weighted by atomic mass is 79.9. The number of nitrogens with one attached hydrogen (secondary N) is 1. The number of aliphatic hydroxyl groups excluding tert-OH is 1. The number of hydrogen-bond acceptors (Lipinski definition) is 3. The molecule has 1 aromatic rings. The number of rotatable bonds is 2. The molecule has 18 heavy (non-hydrogen) atoms. The molecule has 7 heteroatoms. The van der Waals surface area contributed by atoms with E-state index >= 15 is 0 Å². The van der Waals surface area contributed by atoms with Gasteiger partial charge in [-0.1, -0.05) is 15.9 Å². The van der Waals surface area contributed by atoms with Gasteiger partial charge in [-0.25, -0.2) is 0 Å². The van der Waals surface area contributed by atoms with Gasteiger partial charge in [-0.15, -0.1) is 0 Å². The van der Waals surface area contributed by atoms with Gasteiger partial charge in [0.25, 0.3) is 0 Å². The van der Waals surface area contributed by atoms with Gasteiger partial charge in [0.1, 0.15) is 0 Å². The van der Waals surface area contributed by atoms with Crippen LogP contribution in [0.3, 0.4) is 0 Å². The lowest BCUT2D eigenvalue weighted by Gasteiger charge is -2.17. The van der Waals surface area contributed by atoms with Crippen LogP contribution >= 0.6 is 15.9 Å². The Labute approximate surface area is 110 Å². The van der Waals surface area contributed by atoms with Crippen LogP contribution in [-0.2, 0) is 10.9 Å². The smallest absolute Gasteiger partial charge is 0.388 e. The highest BCUT2D eigenvalue weighted by Gasteiger charge is 2.32. The molecule has 0 radical (unpaired) electrons. The summed E-state index contributed by atoms with van der Waals surface area (Å²) >= 11 is 3.04. The van der Waals surface area contributed by atoms with Crippen molar-refractivity contribution in [1.82, 2.24) is 0 Å². The Hall–Kier alpha value is -0.790. The minimum atomic E-state index is -4.40. The quantitative estimate of drug-likeness (QED) is 0.878. The van der Waals surface area contributed by atoms with E-state index in [9.17, 15) is 18.3 Å². The van der Waals surface area contributed by atoms with Crippen LogP contribution in [0.2, 0.25) is 0 Å². The first kappa shape index (κ1) is 13.6. The van der Waals surface area contributed by atoms with Crippen molar-refractivity contribution < 1.29 is 23.0 Å². The van der Waals surface area contributed by atoms with Gasteiger partial charge in [-0.2, -0.15) is 13.2 Å².